The summed E-state index contributed by atoms with van der Waals surface area (Å²) in [5.74, 6) is 0. The highest BCUT2D eigenvalue weighted by Crippen LogP contribution is 2.27. The zero-order chi connectivity index (χ0) is 16.8. The predicted molar refractivity (Wildman–Crippen MR) is 82.4 cm³/mol. The van der Waals surface area contributed by atoms with Crippen molar-refractivity contribution in [3.63, 3.8) is 0 Å². The second-order valence-electron chi connectivity index (χ2n) is 4.58. The molecule has 0 N–H and O–H groups in total. The first-order chi connectivity index (χ1) is 10.2. The molecule has 0 spiro atoms. The van der Waals surface area contributed by atoms with Gasteiger partial charge in [-0.3, -0.25) is 0 Å². The van der Waals surface area contributed by atoms with Gasteiger partial charge >= 0.3 is 7.25 Å². The Morgan fingerprint density at radius 2 is 1.45 bits per heavy atom. The van der Waals surface area contributed by atoms with Crippen LogP contribution in [-0.2, 0) is 10.9 Å². The summed E-state index contributed by atoms with van der Waals surface area (Å²) >= 11 is 0. The summed E-state index contributed by atoms with van der Waals surface area (Å²) in [6, 6.07) is 15.8. The Bertz CT molecular complexity index is 580. The molecule has 0 amide bonds. The van der Waals surface area contributed by atoms with Crippen molar-refractivity contribution < 1.29 is 21.7 Å². The normalized spacial score (nSPS) is 12.3. The maximum Gasteiger partial charge on any atom is 0.673 e. The molecule has 0 aromatic heterocycles. The molecule has 2 aromatic carbocycles. The molecular formula is C15H16BF5S. The van der Waals surface area contributed by atoms with Crippen LogP contribution < -0.4 is 0 Å². The third kappa shape index (κ3) is 6.51. The molecule has 0 radical (unpaired) electrons. The fourth-order valence-corrected chi connectivity index (χ4v) is 3.57. The van der Waals surface area contributed by atoms with Crippen LogP contribution >= 0.6 is 0 Å². The number of rotatable bonds is 3. The van der Waals surface area contributed by atoms with Crippen molar-refractivity contribution in [2.24, 2.45) is 0 Å². The summed E-state index contributed by atoms with van der Waals surface area (Å²) in [6.07, 6.45) is 0. The largest absolute Gasteiger partial charge is 0.673 e. The minimum absolute atomic E-state index is 0.325. The van der Waals surface area contributed by atoms with E-state index >= 15 is 0 Å². The molecule has 0 fully saturated rings. The molecule has 2 aromatic rings. The van der Waals surface area contributed by atoms with Gasteiger partial charge in [0.2, 0.25) is 0 Å². The smallest absolute Gasteiger partial charge is 0.418 e. The standard InChI is InChI=1S/C15H16FS.BF4/c1-12-8-9-15(13(2)10-12)17(11-16)14-6-4-3-5-7-14;2-1(3,4)5/h3-10H,11H2,1-2H3;/q+1;-1. The Balaban J connectivity index is 0.000000422. The second-order valence-corrected chi connectivity index (χ2v) is 6.49. The number of aryl methyl sites for hydroxylation is 2. The number of alkyl halides is 1. The van der Waals surface area contributed by atoms with Crippen LogP contribution in [0.4, 0.5) is 21.7 Å². The zero-order valence-corrected chi connectivity index (χ0v) is 13.0. The molecule has 1 unspecified atom stereocenters. The minimum atomic E-state index is -6.00. The zero-order valence-electron chi connectivity index (χ0n) is 12.2. The van der Waals surface area contributed by atoms with Crippen molar-refractivity contribution in [3.8, 4) is 0 Å². The first-order valence-electron chi connectivity index (χ1n) is 6.49. The van der Waals surface area contributed by atoms with Crippen molar-refractivity contribution in [2.45, 2.75) is 23.6 Å². The Hall–Kier alpha value is -1.50. The van der Waals surface area contributed by atoms with Gasteiger partial charge in [-0.15, -0.1) is 0 Å². The number of hydrogen-bond donors (Lipinski definition) is 0. The van der Waals surface area contributed by atoms with Crippen molar-refractivity contribution in [3.05, 3.63) is 59.7 Å². The van der Waals surface area contributed by atoms with Gasteiger partial charge in [-0.2, -0.15) is 4.39 Å². The third-order valence-electron chi connectivity index (χ3n) is 2.73. The molecule has 0 bridgehead atoms. The lowest BCUT2D eigenvalue weighted by Crippen LogP contribution is -2.07. The fraction of sp³-hybridized carbons (Fsp3) is 0.200. The molecule has 0 saturated heterocycles. The predicted octanol–water partition coefficient (Wildman–Crippen LogP) is 5.57. The molecule has 2 rings (SSSR count). The van der Waals surface area contributed by atoms with E-state index in [1.54, 1.807) is 0 Å². The molecule has 1 atom stereocenters. The van der Waals surface area contributed by atoms with E-state index in [4.69, 9.17) is 0 Å². The van der Waals surface area contributed by atoms with Crippen molar-refractivity contribution in [1.29, 1.82) is 0 Å². The van der Waals surface area contributed by atoms with Gasteiger partial charge < -0.3 is 17.3 Å². The molecule has 0 aliphatic carbocycles. The molecule has 7 heteroatoms. The van der Waals surface area contributed by atoms with Gasteiger partial charge in [-0.05, 0) is 32.0 Å². The molecule has 120 valence electrons. The average molecular weight is 334 g/mol. The van der Waals surface area contributed by atoms with Crippen LogP contribution in [-0.4, -0.2) is 13.3 Å². The van der Waals surface area contributed by atoms with E-state index in [9.17, 15) is 21.7 Å². The molecule has 0 saturated carbocycles. The topological polar surface area (TPSA) is 0 Å². The highest BCUT2D eigenvalue weighted by Gasteiger charge is 2.26. The van der Waals surface area contributed by atoms with Crippen LogP contribution in [0.15, 0.2) is 58.3 Å². The maximum absolute atomic E-state index is 13.3. The maximum atomic E-state index is 13.3. The Kier molecular flexibility index (Phi) is 6.93. The van der Waals surface area contributed by atoms with Gasteiger partial charge in [0.25, 0.3) is 6.01 Å². The van der Waals surface area contributed by atoms with E-state index in [1.165, 1.54) is 11.1 Å². The van der Waals surface area contributed by atoms with Crippen LogP contribution in [0.2, 0.25) is 0 Å². The third-order valence-corrected chi connectivity index (χ3v) is 4.78. The van der Waals surface area contributed by atoms with Gasteiger partial charge in [0, 0.05) is 5.56 Å². The van der Waals surface area contributed by atoms with Gasteiger partial charge in [-0.25, -0.2) is 0 Å². The van der Waals surface area contributed by atoms with Crippen molar-refractivity contribution >= 4 is 18.1 Å². The minimum Gasteiger partial charge on any atom is -0.418 e. The summed E-state index contributed by atoms with van der Waals surface area (Å²) in [6.45, 7) is 4.12. The van der Waals surface area contributed by atoms with Crippen molar-refractivity contribution in [2.75, 3.05) is 6.01 Å². The van der Waals surface area contributed by atoms with Crippen LogP contribution in [0.25, 0.3) is 0 Å². The van der Waals surface area contributed by atoms with Crippen LogP contribution in [0.3, 0.4) is 0 Å². The summed E-state index contributed by atoms with van der Waals surface area (Å²) < 4.78 is 52.3. The Labute approximate surface area is 129 Å². The van der Waals surface area contributed by atoms with E-state index < -0.39 is 18.1 Å². The summed E-state index contributed by atoms with van der Waals surface area (Å²) in [5.41, 5.74) is 2.40. The van der Waals surface area contributed by atoms with Gasteiger partial charge in [-0.1, -0.05) is 35.9 Å². The summed E-state index contributed by atoms with van der Waals surface area (Å²) in [5, 5.41) is 0. The number of benzene rings is 2. The van der Waals surface area contributed by atoms with E-state index in [-0.39, 0.29) is 6.01 Å². The quantitative estimate of drug-likeness (QED) is 0.391. The lowest BCUT2D eigenvalue weighted by Gasteiger charge is -2.07. The molecule has 0 heterocycles. The molecule has 22 heavy (non-hydrogen) atoms. The molecular weight excluding hydrogens is 318 g/mol. The van der Waals surface area contributed by atoms with Crippen LogP contribution in [0.5, 0.6) is 0 Å². The lowest BCUT2D eigenvalue weighted by atomic mass is 10.2. The Morgan fingerprint density at radius 3 is 1.91 bits per heavy atom. The second kappa shape index (κ2) is 8.22. The highest BCUT2D eigenvalue weighted by atomic mass is 32.2. The van der Waals surface area contributed by atoms with E-state index in [0.29, 0.717) is 0 Å². The van der Waals surface area contributed by atoms with Gasteiger partial charge in [0.05, 0.1) is 10.9 Å². The van der Waals surface area contributed by atoms with E-state index in [2.05, 4.69) is 32.0 Å². The first kappa shape index (κ1) is 18.6. The van der Waals surface area contributed by atoms with Gasteiger partial charge in [0.1, 0.15) is 0 Å². The summed E-state index contributed by atoms with van der Waals surface area (Å²) in [4.78, 5) is 2.19. The highest BCUT2D eigenvalue weighted by molar-refractivity contribution is 7.96. The number of hydrogen-bond acceptors (Lipinski definition) is 0. The fourth-order valence-electron chi connectivity index (χ4n) is 1.91. The molecule has 0 aliphatic heterocycles. The molecule has 0 nitrogen and oxygen atoms in total. The Morgan fingerprint density at radius 1 is 0.909 bits per heavy atom. The van der Waals surface area contributed by atoms with Crippen molar-refractivity contribution in [1.82, 2.24) is 0 Å². The van der Waals surface area contributed by atoms with E-state index in [0.717, 1.165) is 9.79 Å². The van der Waals surface area contributed by atoms with Crippen LogP contribution in [0.1, 0.15) is 11.1 Å². The van der Waals surface area contributed by atoms with Crippen LogP contribution in [0, 0.1) is 13.8 Å². The average Bonchev–Trinajstić information content (AvgIpc) is 2.41. The monoisotopic (exact) mass is 334 g/mol. The lowest BCUT2D eigenvalue weighted by molar-refractivity contribution is 0.368. The molecule has 0 aliphatic rings. The van der Waals surface area contributed by atoms with Gasteiger partial charge in [0.15, 0.2) is 9.79 Å². The summed E-state index contributed by atoms with van der Waals surface area (Å²) in [7, 11) is -6.44. The number of halogens is 5. The first-order valence-corrected chi connectivity index (χ1v) is 7.88. The van der Waals surface area contributed by atoms with E-state index in [1.807, 2.05) is 30.3 Å². The SMILES string of the molecule is Cc1ccc([S+](CF)c2ccccc2)c(C)c1.F[B-](F)(F)F.